The predicted octanol–water partition coefficient (Wildman–Crippen LogP) is 4.07. The number of hydrogen-bond donors (Lipinski definition) is 0. The van der Waals surface area contributed by atoms with Crippen LogP contribution in [0.15, 0.2) is 23.0 Å². The fourth-order valence-corrected chi connectivity index (χ4v) is 1.81. The number of carbonyl (C=O) groups is 1. The summed E-state index contributed by atoms with van der Waals surface area (Å²) in [4.78, 5) is 11.2. The summed E-state index contributed by atoms with van der Waals surface area (Å²) in [5, 5.41) is 0. The van der Waals surface area contributed by atoms with Crippen LogP contribution >= 0.6 is 31.9 Å². The molecule has 0 atom stereocenters. The molecule has 0 bridgehead atoms. The van der Waals surface area contributed by atoms with E-state index in [0.717, 1.165) is 25.7 Å². The van der Waals surface area contributed by atoms with Crippen molar-refractivity contribution in [1.82, 2.24) is 0 Å². The van der Waals surface area contributed by atoms with E-state index in [9.17, 15) is 4.79 Å². The van der Waals surface area contributed by atoms with Gasteiger partial charge >= 0.3 is 0 Å². The van der Waals surface area contributed by atoms with E-state index in [-0.39, 0.29) is 9.52 Å². The first-order chi connectivity index (χ1) is 7.20. The lowest BCUT2D eigenvalue weighted by atomic mass is 10.1. The number of rotatable bonds is 7. The van der Waals surface area contributed by atoms with Crippen molar-refractivity contribution >= 4 is 37.6 Å². The number of furan rings is 1. The van der Waals surface area contributed by atoms with Gasteiger partial charge in [-0.1, -0.05) is 38.3 Å². The molecule has 1 heterocycles. The van der Waals surface area contributed by atoms with Crippen LogP contribution in [0.5, 0.6) is 0 Å². The molecule has 0 N–H and O–H groups in total. The Hall–Kier alpha value is -0.0900. The third-order valence-electron chi connectivity index (χ3n) is 2.21. The van der Waals surface area contributed by atoms with Crippen molar-refractivity contribution in [3.05, 3.63) is 24.2 Å². The summed E-state index contributed by atoms with van der Waals surface area (Å²) in [7, 11) is 0. The SMILES string of the molecule is O=C(CCCCCc1ccoc1)C(Br)Br. The molecule has 0 saturated heterocycles. The highest BCUT2D eigenvalue weighted by Gasteiger charge is 2.09. The van der Waals surface area contributed by atoms with Crippen LogP contribution in [0.3, 0.4) is 0 Å². The zero-order valence-electron chi connectivity index (χ0n) is 8.42. The second-order valence-corrected chi connectivity index (χ2v) is 6.52. The Morgan fingerprint density at radius 2 is 2.13 bits per heavy atom. The average Bonchev–Trinajstić information content (AvgIpc) is 2.69. The zero-order valence-corrected chi connectivity index (χ0v) is 11.6. The highest BCUT2D eigenvalue weighted by atomic mass is 79.9. The minimum atomic E-state index is -0.182. The van der Waals surface area contributed by atoms with E-state index in [4.69, 9.17) is 4.42 Å². The van der Waals surface area contributed by atoms with Crippen LogP contribution in [0, 0.1) is 0 Å². The topological polar surface area (TPSA) is 30.2 Å². The molecule has 0 radical (unpaired) electrons. The summed E-state index contributed by atoms with van der Waals surface area (Å²) in [6.07, 6.45) is 8.32. The molecular weight excluding hydrogens is 324 g/mol. The van der Waals surface area contributed by atoms with Gasteiger partial charge in [-0.05, 0) is 30.9 Å². The molecule has 0 fully saturated rings. The fourth-order valence-electron chi connectivity index (χ4n) is 1.35. The maximum atomic E-state index is 11.2. The maximum absolute atomic E-state index is 11.2. The van der Waals surface area contributed by atoms with E-state index in [1.807, 2.05) is 6.07 Å². The number of carbonyl (C=O) groups excluding carboxylic acids is 1. The molecule has 0 aliphatic rings. The van der Waals surface area contributed by atoms with Crippen LogP contribution in [0.25, 0.3) is 0 Å². The standard InChI is InChI=1S/C11H14Br2O2/c12-11(13)10(14)5-3-1-2-4-9-6-7-15-8-9/h6-8,11H,1-5H2. The predicted molar refractivity (Wildman–Crippen MR) is 67.5 cm³/mol. The number of Topliss-reactive ketones (excluding diaryl/α,β-unsaturated/α-hetero) is 1. The number of hydrogen-bond acceptors (Lipinski definition) is 2. The minimum absolute atomic E-state index is 0.182. The van der Waals surface area contributed by atoms with Gasteiger partial charge in [0.05, 0.1) is 12.5 Å². The van der Waals surface area contributed by atoms with Crippen molar-refractivity contribution < 1.29 is 9.21 Å². The molecule has 4 heteroatoms. The zero-order chi connectivity index (χ0) is 11.1. The highest BCUT2D eigenvalue weighted by Crippen LogP contribution is 2.14. The summed E-state index contributed by atoms with van der Waals surface area (Å²) < 4.78 is 4.79. The molecule has 0 aromatic carbocycles. The molecule has 0 amide bonds. The van der Waals surface area contributed by atoms with Crippen molar-refractivity contribution in [3.8, 4) is 0 Å². The third kappa shape index (κ3) is 5.52. The number of unbranched alkanes of at least 4 members (excludes halogenated alkanes) is 2. The summed E-state index contributed by atoms with van der Waals surface area (Å²) >= 11 is 6.39. The second kappa shape index (κ2) is 7.23. The highest BCUT2D eigenvalue weighted by molar-refractivity contribution is 9.25. The number of alkyl halides is 2. The molecule has 1 aromatic rings. The van der Waals surface area contributed by atoms with Crippen LogP contribution in [0.4, 0.5) is 0 Å². The van der Waals surface area contributed by atoms with Gasteiger partial charge in [-0.25, -0.2) is 0 Å². The van der Waals surface area contributed by atoms with E-state index in [0.29, 0.717) is 6.42 Å². The summed E-state index contributed by atoms with van der Waals surface area (Å²) in [5.74, 6) is 0.221. The van der Waals surface area contributed by atoms with Crippen LogP contribution in [0.1, 0.15) is 31.2 Å². The Kier molecular flexibility index (Phi) is 6.25. The van der Waals surface area contributed by atoms with Gasteiger partial charge in [-0.3, -0.25) is 4.79 Å². The van der Waals surface area contributed by atoms with E-state index in [2.05, 4.69) is 31.9 Å². The van der Waals surface area contributed by atoms with Gasteiger partial charge in [0.2, 0.25) is 0 Å². The average molecular weight is 338 g/mol. The molecular formula is C11H14Br2O2. The van der Waals surface area contributed by atoms with Gasteiger partial charge < -0.3 is 4.42 Å². The molecule has 15 heavy (non-hydrogen) atoms. The first kappa shape index (κ1) is 13.0. The summed E-state index contributed by atoms with van der Waals surface area (Å²) in [6.45, 7) is 0. The largest absolute Gasteiger partial charge is 0.472 e. The Morgan fingerprint density at radius 1 is 1.33 bits per heavy atom. The summed E-state index contributed by atoms with van der Waals surface area (Å²) in [5.41, 5.74) is 1.24. The van der Waals surface area contributed by atoms with Crippen molar-refractivity contribution in [2.24, 2.45) is 0 Å². The van der Waals surface area contributed by atoms with Crippen molar-refractivity contribution in [2.45, 2.75) is 35.8 Å². The van der Waals surface area contributed by atoms with Gasteiger partial charge in [-0.15, -0.1) is 0 Å². The minimum Gasteiger partial charge on any atom is -0.472 e. The monoisotopic (exact) mass is 336 g/mol. The van der Waals surface area contributed by atoms with Crippen molar-refractivity contribution in [1.29, 1.82) is 0 Å². The van der Waals surface area contributed by atoms with Gasteiger partial charge in [0.25, 0.3) is 0 Å². The first-order valence-electron chi connectivity index (χ1n) is 5.02. The van der Waals surface area contributed by atoms with Crippen molar-refractivity contribution in [3.63, 3.8) is 0 Å². The molecule has 0 aliphatic carbocycles. The van der Waals surface area contributed by atoms with Crippen molar-refractivity contribution in [2.75, 3.05) is 0 Å². The second-order valence-electron chi connectivity index (χ2n) is 3.46. The molecule has 2 nitrogen and oxygen atoms in total. The number of aryl methyl sites for hydroxylation is 1. The lowest BCUT2D eigenvalue weighted by Crippen LogP contribution is -2.05. The summed E-state index contributed by atoms with van der Waals surface area (Å²) in [6, 6.07) is 1.98. The Labute approximate surface area is 107 Å². The van der Waals surface area contributed by atoms with E-state index in [1.54, 1.807) is 12.5 Å². The molecule has 1 rings (SSSR count). The molecule has 1 aromatic heterocycles. The molecule has 0 aliphatic heterocycles. The first-order valence-corrected chi connectivity index (χ1v) is 6.85. The van der Waals surface area contributed by atoms with Gasteiger partial charge in [0.15, 0.2) is 5.78 Å². The molecule has 0 unspecified atom stereocenters. The quantitative estimate of drug-likeness (QED) is 0.554. The van der Waals surface area contributed by atoms with Gasteiger partial charge in [0, 0.05) is 6.42 Å². The van der Waals surface area contributed by atoms with E-state index < -0.39 is 0 Å². The fraction of sp³-hybridized carbons (Fsp3) is 0.545. The van der Waals surface area contributed by atoms with Crippen LogP contribution in [-0.2, 0) is 11.2 Å². The van der Waals surface area contributed by atoms with Crippen LogP contribution in [0.2, 0.25) is 0 Å². The maximum Gasteiger partial charge on any atom is 0.157 e. The number of ketones is 1. The molecule has 0 saturated carbocycles. The molecule has 84 valence electrons. The third-order valence-corrected chi connectivity index (χ3v) is 3.23. The van der Waals surface area contributed by atoms with Crippen LogP contribution < -0.4 is 0 Å². The van der Waals surface area contributed by atoms with E-state index >= 15 is 0 Å². The van der Waals surface area contributed by atoms with Crippen LogP contribution in [-0.4, -0.2) is 9.52 Å². The van der Waals surface area contributed by atoms with Gasteiger partial charge in [-0.2, -0.15) is 0 Å². The van der Waals surface area contributed by atoms with Gasteiger partial charge in [0.1, 0.15) is 3.74 Å². The Bertz CT molecular complexity index is 281. The lowest BCUT2D eigenvalue weighted by Gasteiger charge is -2.01. The lowest BCUT2D eigenvalue weighted by molar-refractivity contribution is -0.117. The Balaban J connectivity index is 2.00. The smallest absolute Gasteiger partial charge is 0.157 e. The molecule has 0 spiro atoms. The van der Waals surface area contributed by atoms with E-state index in [1.165, 1.54) is 5.56 Å². The number of halogens is 2. The Morgan fingerprint density at radius 3 is 2.73 bits per heavy atom. The normalized spacial score (nSPS) is 10.9.